The van der Waals surface area contributed by atoms with Gasteiger partial charge in [-0.3, -0.25) is 4.68 Å². The largest absolute Gasteiger partial charge is 0.377 e. The highest BCUT2D eigenvalue weighted by atomic mass is 16.5. The van der Waals surface area contributed by atoms with Crippen molar-refractivity contribution in [3.63, 3.8) is 0 Å². The molecule has 1 aliphatic carbocycles. The predicted octanol–water partition coefficient (Wildman–Crippen LogP) is 1.79. The lowest BCUT2D eigenvalue weighted by Gasteiger charge is -2.52. The third-order valence-electron chi connectivity index (χ3n) is 4.19. The molecule has 114 valence electrons. The van der Waals surface area contributed by atoms with Crippen LogP contribution >= 0.6 is 0 Å². The van der Waals surface area contributed by atoms with Crippen molar-refractivity contribution in [2.24, 2.45) is 18.4 Å². The van der Waals surface area contributed by atoms with E-state index in [4.69, 9.17) is 4.74 Å². The first-order valence-corrected chi connectivity index (χ1v) is 7.59. The summed E-state index contributed by atoms with van der Waals surface area (Å²) in [6.07, 6.45) is 4.12. The molecule has 0 aromatic carbocycles. The molecule has 5 nitrogen and oxygen atoms in total. The first-order valence-electron chi connectivity index (χ1n) is 7.59. The van der Waals surface area contributed by atoms with E-state index in [1.165, 1.54) is 0 Å². The predicted molar refractivity (Wildman–Crippen MR) is 79.5 cm³/mol. The smallest absolute Gasteiger partial charge is 0.151 e. The molecular weight excluding hydrogens is 252 g/mol. The number of aryl methyl sites for hydroxylation is 1. The number of aromatic nitrogens is 3. The number of rotatable bonds is 7. The molecule has 0 aliphatic heterocycles. The van der Waals surface area contributed by atoms with Crippen LogP contribution in [-0.4, -0.2) is 40.1 Å². The third kappa shape index (κ3) is 3.58. The maximum Gasteiger partial charge on any atom is 0.151 e. The second-order valence-electron chi connectivity index (χ2n) is 6.86. The molecular formula is C15H28N4O. The molecule has 20 heavy (non-hydrogen) atoms. The molecule has 0 amide bonds. The molecule has 0 spiro atoms. The van der Waals surface area contributed by atoms with Gasteiger partial charge in [-0.25, -0.2) is 4.98 Å². The summed E-state index contributed by atoms with van der Waals surface area (Å²) < 4.78 is 7.73. The molecule has 1 aromatic heterocycles. The van der Waals surface area contributed by atoms with Gasteiger partial charge in [0.2, 0.25) is 0 Å². The number of nitrogens with zero attached hydrogens (tertiary/aromatic N) is 3. The van der Waals surface area contributed by atoms with Crippen LogP contribution in [0.5, 0.6) is 0 Å². The van der Waals surface area contributed by atoms with Crippen LogP contribution in [0.2, 0.25) is 0 Å². The van der Waals surface area contributed by atoms with Crippen molar-refractivity contribution in [2.45, 2.75) is 52.7 Å². The Bertz CT molecular complexity index is 427. The molecule has 2 atom stereocenters. The number of hydrogen-bond donors (Lipinski definition) is 1. The molecule has 1 N–H and O–H groups in total. The maximum absolute atomic E-state index is 5.98. The molecule has 0 bridgehead atoms. The molecule has 1 fully saturated rings. The summed E-state index contributed by atoms with van der Waals surface area (Å²) in [7, 11) is 1.90. The van der Waals surface area contributed by atoms with Gasteiger partial charge in [-0.15, -0.1) is 0 Å². The fraction of sp³-hybridized carbons (Fsp3) is 0.867. The quantitative estimate of drug-likeness (QED) is 0.827. The monoisotopic (exact) mass is 280 g/mol. The van der Waals surface area contributed by atoms with Gasteiger partial charge < -0.3 is 10.1 Å². The van der Waals surface area contributed by atoms with Crippen LogP contribution in [0.25, 0.3) is 0 Å². The molecule has 5 heteroatoms. The Kier molecular flexibility index (Phi) is 4.81. The molecule has 1 aliphatic rings. The molecule has 1 saturated carbocycles. The van der Waals surface area contributed by atoms with E-state index in [0.717, 1.165) is 31.8 Å². The Balaban J connectivity index is 1.70. The van der Waals surface area contributed by atoms with Crippen LogP contribution in [0.4, 0.5) is 0 Å². The Morgan fingerprint density at radius 2 is 2.25 bits per heavy atom. The van der Waals surface area contributed by atoms with Gasteiger partial charge >= 0.3 is 0 Å². The van der Waals surface area contributed by atoms with Crippen molar-refractivity contribution in [3.8, 4) is 0 Å². The lowest BCUT2D eigenvalue weighted by Crippen LogP contribution is -2.61. The summed E-state index contributed by atoms with van der Waals surface area (Å²) >= 11 is 0. The molecule has 1 aromatic rings. The minimum Gasteiger partial charge on any atom is -0.377 e. The fourth-order valence-electron chi connectivity index (χ4n) is 2.68. The number of ether oxygens (including phenoxy) is 1. The van der Waals surface area contributed by atoms with Gasteiger partial charge in [0.1, 0.15) is 6.33 Å². The molecule has 0 radical (unpaired) electrons. The summed E-state index contributed by atoms with van der Waals surface area (Å²) in [5.74, 6) is 1.51. The highest BCUT2D eigenvalue weighted by Gasteiger charge is 2.48. The van der Waals surface area contributed by atoms with Gasteiger partial charge in [0.15, 0.2) is 5.82 Å². The third-order valence-corrected chi connectivity index (χ3v) is 4.19. The summed E-state index contributed by atoms with van der Waals surface area (Å²) in [6, 6.07) is 0.531. The Morgan fingerprint density at radius 1 is 1.50 bits per heavy atom. The normalized spacial score (nSPS) is 24.9. The van der Waals surface area contributed by atoms with Crippen molar-refractivity contribution in [3.05, 3.63) is 12.2 Å². The van der Waals surface area contributed by atoms with Crippen molar-refractivity contribution < 1.29 is 4.74 Å². The van der Waals surface area contributed by atoms with Crippen molar-refractivity contribution in [1.29, 1.82) is 0 Å². The van der Waals surface area contributed by atoms with Gasteiger partial charge in [0.25, 0.3) is 0 Å². The summed E-state index contributed by atoms with van der Waals surface area (Å²) in [6.45, 7) is 10.8. The average molecular weight is 280 g/mol. The van der Waals surface area contributed by atoms with Crippen LogP contribution in [-0.2, 0) is 18.2 Å². The standard InChI is InChI=1S/C15H28N4O/c1-11(2)9-20-13-8-12(15(13,3)4)16-7-6-14-17-10-19(5)18-14/h10-13,16H,6-9H2,1-5H3. The van der Waals surface area contributed by atoms with E-state index >= 15 is 0 Å². The van der Waals surface area contributed by atoms with Crippen LogP contribution in [0.15, 0.2) is 6.33 Å². The van der Waals surface area contributed by atoms with E-state index in [9.17, 15) is 0 Å². The second kappa shape index (κ2) is 6.22. The van der Waals surface area contributed by atoms with Crippen LogP contribution in [0.3, 0.4) is 0 Å². The molecule has 1 heterocycles. The van der Waals surface area contributed by atoms with Crippen molar-refractivity contribution in [2.75, 3.05) is 13.2 Å². The van der Waals surface area contributed by atoms with Crippen LogP contribution in [0, 0.1) is 11.3 Å². The highest BCUT2D eigenvalue weighted by Crippen LogP contribution is 2.42. The first-order chi connectivity index (χ1) is 9.39. The van der Waals surface area contributed by atoms with Crippen LogP contribution in [0.1, 0.15) is 39.9 Å². The van der Waals surface area contributed by atoms with Crippen molar-refractivity contribution >= 4 is 0 Å². The SMILES string of the molecule is CC(C)COC1CC(NCCc2ncn(C)n2)C1(C)C. The Morgan fingerprint density at radius 3 is 2.80 bits per heavy atom. The summed E-state index contributed by atoms with van der Waals surface area (Å²) in [5, 5.41) is 7.91. The van der Waals surface area contributed by atoms with Gasteiger partial charge in [-0.2, -0.15) is 5.10 Å². The number of hydrogen-bond acceptors (Lipinski definition) is 4. The van der Waals surface area contributed by atoms with Gasteiger partial charge in [-0.05, 0) is 12.3 Å². The van der Waals surface area contributed by atoms with E-state index in [-0.39, 0.29) is 5.41 Å². The molecule has 0 saturated heterocycles. The Hall–Kier alpha value is -0.940. The topological polar surface area (TPSA) is 52.0 Å². The minimum absolute atomic E-state index is 0.215. The zero-order valence-electron chi connectivity index (χ0n) is 13.4. The minimum atomic E-state index is 0.215. The maximum atomic E-state index is 5.98. The molecule has 2 unspecified atom stereocenters. The highest BCUT2D eigenvalue weighted by molar-refractivity contribution is 5.03. The summed E-state index contributed by atoms with van der Waals surface area (Å²) in [4.78, 5) is 4.24. The van der Waals surface area contributed by atoms with Crippen molar-refractivity contribution in [1.82, 2.24) is 20.1 Å². The van der Waals surface area contributed by atoms with Gasteiger partial charge in [-0.1, -0.05) is 27.7 Å². The van der Waals surface area contributed by atoms with E-state index in [0.29, 0.717) is 18.1 Å². The second-order valence-corrected chi connectivity index (χ2v) is 6.86. The average Bonchev–Trinajstić information content (AvgIpc) is 2.77. The van der Waals surface area contributed by atoms with Crippen LogP contribution < -0.4 is 5.32 Å². The zero-order chi connectivity index (χ0) is 14.8. The zero-order valence-corrected chi connectivity index (χ0v) is 13.4. The summed E-state index contributed by atoms with van der Waals surface area (Å²) in [5.41, 5.74) is 0.215. The lowest BCUT2D eigenvalue weighted by atomic mass is 9.64. The first kappa shape index (κ1) is 15.4. The van der Waals surface area contributed by atoms with E-state index in [1.54, 1.807) is 11.0 Å². The van der Waals surface area contributed by atoms with Gasteiger partial charge in [0, 0.05) is 38.1 Å². The lowest BCUT2D eigenvalue weighted by molar-refractivity contribution is -0.123. The fourth-order valence-corrected chi connectivity index (χ4v) is 2.68. The molecule has 2 rings (SSSR count). The Labute approximate surface area is 122 Å². The van der Waals surface area contributed by atoms with Gasteiger partial charge in [0.05, 0.1) is 6.10 Å². The van der Waals surface area contributed by atoms with E-state index in [1.807, 2.05) is 7.05 Å². The van der Waals surface area contributed by atoms with E-state index < -0.39 is 0 Å². The number of nitrogens with one attached hydrogen (secondary N) is 1. The van der Waals surface area contributed by atoms with E-state index in [2.05, 4.69) is 43.1 Å².